The lowest BCUT2D eigenvalue weighted by molar-refractivity contribution is -0.120. The van der Waals surface area contributed by atoms with E-state index in [2.05, 4.69) is 10.6 Å². The van der Waals surface area contributed by atoms with Gasteiger partial charge in [0, 0.05) is 19.0 Å². The van der Waals surface area contributed by atoms with Crippen LogP contribution in [0.5, 0.6) is 5.75 Å². The summed E-state index contributed by atoms with van der Waals surface area (Å²) in [4.78, 5) is 11.5. The molecule has 0 radical (unpaired) electrons. The third kappa shape index (κ3) is 3.29. The van der Waals surface area contributed by atoms with Gasteiger partial charge in [0.25, 0.3) is 0 Å². The molecular weight excluding hydrogens is 230 g/mol. The SMILES string of the molecule is COc1cccc(NCCC(=O)NC2CC2)c1N. The Morgan fingerprint density at radius 1 is 1.50 bits per heavy atom. The van der Waals surface area contributed by atoms with Crippen molar-refractivity contribution in [2.75, 3.05) is 24.7 Å². The van der Waals surface area contributed by atoms with Crippen molar-refractivity contribution in [1.29, 1.82) is 0 Å². The van der Waals surface area contributed by atoms with Crippen molar-refractivity contribution in [1.82, 2.24) is 5.32 Å². The Morgan fingerprint density at radius 2 is 2.28 bits per heavy atom. The number of rotatable bonds is 6. The third-order valence-electron chi connectivity index (χ3n) is 2.90. The molecule has 1 aliphatic carbocycles. The van der Waals surface area contributed by atoms with Gasteiger partial charge in [0.1, 0.15) is 5.75 Å². The number of nitrogen functional groups attached to an aromatic ring is 1. The highest BCUT2D eigenvalue weighted by Crippen LogP contribution is 2.28. The second-order valence-corrected chi connectivity index (χ2v) is 4.44. The highest BCUT2D eigenvalue weighted by Gasteiger charge is 2.22. The van der Waals surface area contributed by atoms with Gasteiger partial charge in [-0.2, -0.15) is 0 Å². The molecule has 0 unspecified atom stereocenters. The molecule has 1 amide bonds. The molecule has 0 aliphatic heterocycles. The van der Waals surface area contributed by atoms with E-state index in [1.54, 1.807) is 13.2 Å². The summed E-state index contributed by atoms with van der Waals surface area (Å²) in [6.07, 6.45) is 2.68. The number of anilines is 2. The number of carbonyl (C=O) groups excluding carboxylic acids is 1. The van der Waals surface area contributed by atoms with Gasteiger partial charge in [-0.1, -0.05) is 6.07 Å². The molecule has 1 aliphatic rings. The number of benzene rings is 1. The van der Waals surface area contributed by atoms with E-state index in [1.165, 1.54) is 0 Å². The second-order valence-electron chi connectivity index (χ2n) is 4.44. The molecule has 1 fully saturated rings. The molecule has 5 heteroatoms. The summed E-state index contributed by atoms with van der Waals surface area (Å²) in [6, 6.07) is 5.96. The van der Waals surface area contributed by atoms with E-state index in [4.69, 9.17) is 10.5 Å². The highest BCUT2D eigenvalue weighted by molar-refractivity contribution is 5.78. The normalized spacial score (nSPS) is 14.1. The average molecular weight is 249 g/mol. The van der Waals surface area contributed by atoms with Crippen LogP contribution >= 0.6 is 0 Å². The molecule has 1 aromatic rings. The molecule has 1 aromatic carbocycles. The zero-order chi connectivity index (χ0) is 13.0. The average Bonchev–Trinajstić information content (AvgIpc) is 3.15. The molecule has 2 rings (SSSR count). The van der Waals surface area contributed by atoms with Gasteiger partial charge in [0.05, 0.1) is 18.5 Å². The van der Waals surface area contributed by atoms with E-state index >= 15 is 0 Å². The van der Waals surface area contributed by atoms with Crippen molar-refractivity contribution in [2.45, 2.75) is 25.3 Å². The maximum absolute atomic E-state index is 11.5. The number of hydrogen-bond donors (Lipinski definition) is 3. The number of methoxy groups -OCH3 is 1. The van der Waals surface area contributed by atoms with Crippen molar-refractivity contribution in [2.24, 2.45) is 0 Å². The molecule has 0 spiro atoms. The fraction of sp³-hybridized carbons (Fsp3) is 0.462. The largest absolute Gasteiger partial charge is 0.495 e. The summed E-state index contributed by atoms with van der Waals surface area (Å²) < 4.78 is 5.13. The summed E-state index contributed by atoms with van der Waals surface area (Å²) in [5.41, 5.74) is 7.28. The maximum Gasteiger partial charge on any atom is 0.221 e. The number of hydrogen-bond acceptors (Lipinski definition) is 4. The van der Waals surface area contributed by atoms with E-state index in [1.807, 2.05) is 12.1 Å². The van der Waals surface area contributed by atoms with Crippen LogP contribution in [-0.4, -0.2) is 25.6 Å². The lowest BCUT2D eigenvalue weighted by Crippen LogP contribution is -2.27. The van der Waals surface area contributed by atoms with E-state index in [0.717, 1.165) is 18.5 Å². The number of nitrogens with one attached hydrogen (secondary N) is 2. The van der Waals surface area contributed by atoms with Crippen molar-refractivity contribution in [3.63, 3.8) is 0 Å². The van der Waals surface area contributed by atoms with Gasteiger partial charge in [-0.05, 0) is 25.0 Å². The van der Waals surface area contributed by atoms with Gasteiger partial charge >= 0.3 is 0 Å². The Hall–Kier alpha value is -1.91. The Kier molecular flexibility index (Phi) is 3.92. The zero-order valence-electron chi connectivity index (χ0n) is 10.5. The lowest BCUT2D eigenvalue weighted by Gasteiger charge is -2.12. The van der Waals surface area contributed by atoms with E-state index < -0.39 is 0 Å². The van der Waals surface area contributed by atoms with Crippen molar-refractivity contribution in [3.05, 3.63) is 18.2 Å². The first-order valence-electron chi connectivity index (χ1n) is 6.16. The van der Waals surface area contributed by atoms with Gasteiger partial charge in [-0.15, -0.1) is 0 Å². The Morgan fingerprint density at radius 3 is 2.94 bits per heavy atom. The number of ether oxygens (including phenoxy) is 1. The molecule has 1 saturated carbocycles. The molecule has 0 saturated heterocycles. The predicted octanol–water partition coefficient (Wildman–Crippen LogP) is 1.36. The summed E-state index contributed by atoms with van der Waals surface area (Å²) in [6.45, 7) is 0.565. The summed E-state index contributed by atoms with van der Waals surface area (Å²) in [5.74, 6) is 0.730. The molecule has 5 nitrogen and oxygen atoms in total. The van der Waals surface area contributed by atoms with Crippen molar-refractivity contribution in [3.8, 4) is 5.75 Å². The van der Waals surface area contributed by atoms with Crippen LogP contribution in [0.4, 0.5) is 11.4 Å². The van der Waals surface area contributed by atoms with Gasteiger partial charge in [0.2, 0.25) is 5.91 Å². The topological polar surface area (TPSA) is 76.4 Å². The minimum atomic E-state index is 0.0893. The summed E-state index contributed by atoms with van der Waals surface area (Å²) >= 11 is 0. The van der Waals surface area contributed by atoms with Gasteiger partial charge in [-0.3, -0.25) is 4.79 Å². The predicted molar refractivity (Wildman–Crippen MR) is 71.7 cm³/mol. The molecule has 0 heterocycles. The molecule has 0 aromatic heterocycles. The van der Waals surface area contributed by atoms with Crippen molar-refractivity contribution < 1.29 is 9.53 Å². The molecule has 0 bridgehead atoms. The minimum Gasteiger partial charge on any atom is -0.495 e. The first-order chi connectivity index (χ1) is 8.70. The Bertz CT molecular complexity index is 430. The van der Waals surface area contributed by atoms with Gasteiger partial charge < -0.3 is 21.1 Å². The maximum atomic E-state index is 11.5. The molecule has 98 valence electrons. The molecule has 0 atom stereocenters. The summed E-state index contributed by atoms with van der Waals surface area (Å²) in [7, 11) is 1.58. The molecular formula is C13H19N3O2. The Balaban J connectivity index is 1.80. The van der Waals surface area contributed by atoms with Crippen molar-refractivity contribution >= 4 is 17.3 Å². The van der Waals surface area contributed by atoms with Crippen LogP contribution in [0.2, 0.25) is 0 Å². The van der Waals surface area contributed by atoms with Crippen LogP contribution < -0.4 is 21.1 Å². The zero-order valence-corrected chi connectivity index (χ0v) is 10.5. The number of nitrogens with two attached hydrogens (primary N) is 1. The number of amides is 1. The number of carbonyl (C=O) groups is 1. The monoisotopic (exact) mass is 249 g/mol. The van der Waals surface area contributed by atoms with Crippen LogP contribution in [0.25, 0.3) is 0 Å². The van der Waals surface area contributed by atoms with Crippen LogP contribution in [-0.2, 0) is 4.79 Å². The van der Waals surface area contributed by atoms with Crippen LogP contribution in [0, 0.1) is 0 Å². The quantitative estimate of drug-likeness (QED) is 0.665. The van der Waals surface area contributed by atoms with Gasteiger partial charge in [-0.25, -0.2) is 0 Å². The third-order valence-corrected chi connectivity index (χ3v) is 2.90. The van der Waals surface area contributed by atoms with E-state index in [-0.39, 0.29) is 5.91 Å². The standard InChI is InChI=1S/C13H19N3O2/c1-18-11-4-2-3-10(13(11)14)15-8-7-12(17)16-9-5-6-9/h2-4,9,15H,5-8,14H2,1H3,(H,16,17). The Labute approximate surface area is 107 Å². The first-order valence-corrected chi connectivity index (χ1v) is 6.16. The van der Waals surface area contributed by atoms with Crippen LogP contribution in [0.15, 0.2) is 18.2 Å². The van der Waals surface area contributed by atoms with E-state index in [9.17, 15) is 4.79 Å². The van der Waals surface area contributed by atoms with Crippen LogP contribution in [0.3, 0.4) is 0 Å². The fourth-order valence-corrected chi connectivity index (χ4v) is 1.71. The van der Waals surface area contributed by atoms with E-state index in [0.29, 0.717) is 30.4 Å². The smallest absolute Gasteiger partial charge is 0.221 e. The highest BCUT2D eigenvalue weighted by atomic mass is 16.5. The second kappa shape index (κ2) is 5.62. The van der Waals surface area contributed by atoms with Crippen LogP contribution in [0.1, 0.15) is 19.3 Å². The molecule has 4 N–H and O–H groups in total. The van der Waals surface area contributed by atoms with Gasteiger partial charge in [0.15, 0.2) is 0 Å². The lowest BCUT2D eigenvalue weighted by atomic mass is 10.2. The first kappa shape index (κ1) is 12.5. The molecule has 18 heavy (non-hydrogen) atoms. The summed E-state index contributed by atoms with van der Waals surface area (Å²) in [5, 5.41) is 6.09. The fourth-order valence-electron chi connectivity index (χ4n) is 1.71. The minimum absolute atomic E-state index is 0.0893. The number of para-hydroxylation sites is 1.